The zero-order valence-corrected chi connectivity index (χ0v) is 15.6. The molecule has 0 saturated carbocycles. The molecule has 8 heteroatoms. The van der Waals surface area contributed by atoms with Crippen LogP contribution >= 0.6 is 0 Å². The third-order valence-corrected chi connectivity index (χ3v) is 5.16. The summed E-state index contributed by atoms with van der Waals surface area (Å²) in [6.45, 7) is 5.89. The van der Waals surface area contributed by atoms with Gasteiger partial charge in [-0.2, -0.15) is 5.26 Å². The number of hydrogen-bond acceptors (Lipinski definition) is 6. The minimum absolute atomic E-state index is 0.0220. The van der Waals surface area contributed by atoms with Crippen LogP contribution in [0.2, 0.25) is 0 Å². The van der Waals surface area contributed by atoms with Gasteiger partial charge in [-0.15, -0.1) is 0 Å². The van der Waals surface area contributed by atoms with E-state index >= 15 is 0 Å². The van der Waals surface area contributed by atoms with E-state index in [-0.39, 0.29) is 17.9 Å². The Kier molecular flexibility index (Phi) is 6.12. The summed E-state index contributed by atoms with van der Waals surface area (Å²) in [5.41, 5.74) is 0.547. The molecule has 3 heterocycles. The van der Waals surface area contributed by atoms with E-state index in [2.05, 4.69) is 16.0 Å². The molecule has 1 aromatic heterocycles. The van der Waals surface area contributed by atoms with Crippen molar-refractivity contribution in [3.63, 3.8) is 0 Å². The molecule has 2 saturated heterocycles. The minimum Gasteiger partial charge on any atom is -0.450 e. The lowest BCUT2D eigenvalue weighted by atomic mass is 9.95. The molecule has 2 fully saturated rings. The molecule has 0 N–H and O–H groups in total. The van der Waals surface area contributed by atoms with E-state index in [0.29, 0.717) is 38.3 Å². The first-order valence-corrected chi connectivity index (χ1v) is 9.44. The molecule has 0 bridgehead atoms. The predicted octanol–water partition coefficient (Wildman–Crippen LogP) is 1.47. The van der Waals surface area contributed by atoms with Crippen LogP contribution in [0.5, 0.6) is 0 Å². The average Bonchev–Trinajstić information content (AvgIpc) is 2.74. The van der Waals surface area contributed by atoms with Crippen molar-refractivity contribution in [2.75, 3.05) is 50.8 Å². The van der Waals surface area contributed by atoms with Crippen LogP contribution in [0, 0.1) is 17.2 Å². The van der Waals surface area contributed by atoms with E-state index in [4.69, 9.17) is 10.00 Å². The summed E-state index contributed by atoms with van der Waals surface area (Å²) in [4.78, 5) is 34.6. The molecule has 8 nitrogen and oxygen atoms in total. The third kappa shape index (κ3) is 4.48. The Hall–Kier alpha value is -2.82. The zero-order chi connectivity index (χ0) is 19.2. The monoisotopic (exact) mass is 371 g/mol. The highest BCUT2D eigenvalue weighted by Crippen LogP contribution is 2.24. The van der Waals surface area contributed by atoms with E-state index in [1.54, 1.807) is 24.1 Å². The molecule has 0 atom stereocenters. The Labute approximate surface area is 159 Å². The van der Waals surface area contributed by atoms with Gasteiger partial charge in [-0.25, -0.2) is 9.78 Å². The summed E-state index contributed by atoms with van der Waals surface area (Å²) in [5.74, 6) is 1.06. The van der Waals surface area contributed by atoms with Gasteiger partial charge >= 0.3 is 6.09 Å². The Morgan fingerprint density at radius 3 is 2.37 bits per heavy atom. The summed E-state index contributed by atoms with van der Waals surface area (Å²) < 4.78 is 5.02. The Bertz CT molecular complexity index is 699. The molecule has 2 aliphatic heterocycles. The van der Waals surface area contributed by atoms with Crippen LogP contribution in [-0.4, -0.2) is 72.7 Å². The summed E-state index contributed by atoms with van der Waals surface area (Å²) in [6.07, 6.45) is 2.86. The molecule has 2 aliphatic rings. The molecule has 0 radical (unpaired) electrons. The van der Waals surface area contributed by atoms with E-state index in [9.17, 15) is 9.59 Å². The number of nitrogens with zero attached hydrogens (tertiary/aromatic N) is 5. The summed E-state index contributed by atoms with van der Waals surface area (Å²) in [7, 11) is 0. The summed E-state index contributed by atoms with van der Waals surface area (Å²) >= 11 is 0. The summed E-state index contributed by atoms with van der Waals surface area (Å²) in [6, 6.07) is 5.69. The maximum absolute atomic E-state index is 12.8. The molecule has 1 aromatic rings. The normalized spacial score (nSPS) is 18.1. The van der Waals surface area contributed by atoms with Crippen LogP contribution in [0.4, 0.5) is 10.6 Å². The van der Waals surface area contributed by atoms with Crippen molar-refractivity contribution in [3.8, 4) is 6.07 Å². The molecule has 0 aromatic carbocycles. The number of rotatable bonds is 3. The number of anilines is 1. The number of piperidine rings is 1. The Morgan fingerprint density at radius 1 is 1.15 bits per heavy atom. The van der Waals surface area contributed by atoms with Gasteiger partial charge in [0, 0.05) is 51.4 Å². The highest BCUT2D eigenvalue weighted by Gasteiger charge is 2.31. The molecule has 2 amide bonds. The number of piperazine rings is 1. The van der Waals surface area contributed by atoms with Crippen LogP contribution < -0.4 is 4.90 Å². The lowest BCUT2D eigenvalue weighted by Crippen LogP contribution is -2.53. The van der Waals surface area contributed by atoms with Crippen molar-refractivity contribution < 1.29 is 14.3 Å². The fraction of sp³-hybridized carbons (Fsp3) is 0.579. The highest BCUT2D eigenvalue weighted by molar-refractivity contribution is 5.79. The number of ether oxygens (including phenoxy) is 1. The van der Waals surface area contributed by atoms with Crippen LogP contribution in [0.15, 0.2) is 18.3 Å². The van der Waals surface area contributed by atoms with Crippen LogP contribution in [0.3, 0.4) is 0 Å². The van der Waals surface area contributed by atoms with Gasteiger partial charge in [0.25, 0.3) is 0 Å². The van der Waals surface area contributed by atoms with Crippen molar-refractivity contribution in [2.45, 2.75) is 19.8 Å². The number of pyridine rings is 1. The third-order valence-electron chi connectivity index (χ3n) is 5.16. The number of amides is 2. The number of nitriles is 1. The van der Waals surface area contributed by atoms with Gasteiger partial charge in [-0.3, -0.25) is 4.79 Å². The van der Waals surface area contributed by atoms with Gasteiger partial charge in [0.2, 0.25) is 5.91 Å². The van der Waals surface area contributed by atoms with Gasteiger partial charge in [-0.1, -0.05) is 0 Å². The Balaban J connectivity index is 1.47. The van der Waals surface area contributed by atoms with Crippen LogP contribution in [0.25, 0.3) is 0 Å². The standard InChI is InChI=1S/C19H25N5O3/c1-2-27-19(26)24-11-9-23(10-12-24)18(25)16-5-7-22(8-6-16)17-4-3-15(13-20)14-21-17/h3-4,14,16H,2,5-12H2,1H3. The minimum atomic E-state index is -0.298. The molecular weight excluding hydrogens is 346 g/mol. The zero-order valence-electron chi connectivity index (χ0n) is 15.6. The molecule has 144 valence electrons. The topological polar surface area (TPSA) is 89.8 Å². The van der Waals surface area contributed by atoms with Crippen molar-refractivity contribution in [1.29, 1.82) is 5.26 Å². The SMILES string of the molecule is CCOC(=O)N1CCN(C(=O)C2CCN(c3ccc(C#N)cn3)CC2)CC1. The molecule has 0 spiro atoms. The predicted molar refractivity (Wildman–Crippen MR) is 99.1 cm³/mol. The second-order valence-electron chi connectivity index (χ2n) is 6.79. The molecule has 0 aliphatic carbocycles. The smallest absolute Gasteiger partial charge is 0.409 e. The first-order valence-electron chi connectivity index (χ1n) is 9.44. The van der Waals surface area contributed by atoms with Gasteiger partial charge in [0.1, 0.15) is 11.9 Å². The van der Waals surface area contributed by atoms with Crippen molar-refractivity contribution >= 4 is 17.8 Å². The van der Waals surface area contributed by atoms with Gasteiger partial charge < -0.3 is 19.4 Å². The Morgan fingerprint density at radius 2 is 1.81 bits per heavy atom. The number of carbonyl (C=O) groups excluding carboxylic acids is 2. The van der Waals surface area contributed by atoms with Crippen LogP contribution in [-0.2, 0) is 9.53 Å². The first kappa shape index (κ1) is 19.0. The molecule has 0 unspecified atom stereocenters. The summed E-state index contributed by atoms with van der Waals surface area (Å²) in [5, 5.41) is 8.86. The van der Waals surface area contributed by atoms with Crippen molar-refractivity contribution in [1.82, 2.24) is 14.8 Å². The fourth-order valence-corrected chi connectivity index (χ4v) is 3.58. The van der Waals surface area contributed by atoms with E-state index in [1.165, 1.54) is 0 Å². The van der Waals surface area contributed by atoms with Crippen molar-refractivity contribution in [2.24, 2.45) is 5.92 Å². The maximum Gasteiger partial charge on any atom is 0.409 e. The van der Waals surface area contributed by atoms with Crippen molar-refractivity contribution in [3.05, 3.63) is 23.9 Å². The quantitative estimate of drug-likeness (QED) is 0.799. The van der Waals surface area contributed by atoms with Gasteiger partial charge in [0.15, 0.2) is 0 Å². The molecule has 3 rings (SSSR count). The largest absolute Gasteiger partial charge is 0.450 e. The molecule has 27 heavy (non-hydrogen) atoms. The second-order valence-corrected chi connectivity index (χ2v) is 6.79. The lowest BCUT2D eigenvalue weighted by molar-refractivity contribution is -0.137. The number of hydrogen-bond donors (Lipinski definition) is 0. The number of aromatic nitrogens is 1. The first-order chi connectivity index (χ1) is 13.1. The number of carbonyl (C=O) groups is 2. The lowest BCUT2D eigenvalue weighted by Gasteiger charge is -2.38. The molecular formula is C19H25N5O3. The van der Waals surface area contributed by atoms with Gasteiger partial charge in [-0.05, 0) is 31.9 Å². The van der Waals surface area contributed by atoms with Gasteiger partial charge in [0.05, 0.1) is 12.2 Å². The van der Waals surface area contributed by atoms with E-state index in [1.807, 2.05) is 11.0 Å². The average molecular weight is 371 g/mol. The van der Waals surface area contributed by atoms with E-state index in [0.717, 1.165) is 31.7 Å². The second kappa shape index (κ2) is 8.71. The maximum atomic E-state index is 12.8. The highest BCUT2D eigenvalue weighted by atomic mass is 16.6. The van der Waals surface area contributed by atoms with Crippen LogP contribution in [0.1, 0.15) is 25.3 Å². The fourth-order valence-electron chi connectivity index (χ4n) is 3.58. The van der Waals surface area contributed by atoms with E-state index < -0.39 is 0 Å².